The molecular weight excluding hydrogens is 591 g/mol. The molecule has 2 aromatic heterocycles. The molecule has 9 heteroatoms. The van der Waals surface area contributed by atoms with Crippen LogP contribution in [-0.4, -0.2) is 40.6 Å². The van der Waals surface area contributed by atoms with Gasteiger partial charge in [0.25, 0.3) is 11.8 Å². The number of aromatic nitrogens is 1. The number of carbonyl (C=O) groups is 2. The maximum absolute atomic E-state index is 14.5. The molecule has 0 aliphatic carbocycles. The van der Waals surface area contributed by atoms with Crippen LogP contribution in [0.15, 0.2) is 89.5 Å². The van der Waals surface area contributed by atoms with Crippen LogP contribution in [0.1, 0.15) is 46.5 Å². The van der Waals surface area contributed by atoms with Gasteiger partial charge in [-0.1, -0.05) is 18.2 Å². The molecule has 1 amide bonds. The van der Waals surface area contributed by atoms with E-state index in [9.17, 15) is 22.8 Å². The predicted molar refractivity (Wildman–Crippen MR) is 173 cm³/mol. The van der Waals surface area contributed by atoms with Gasteiger partial charge in [0.2, 0.25) is 0 Å². The van der Waals surface area contributed by atoms with Crippen molar-refractivity contribution in [1.82, 2.24) is 9.88 Å². The summed E-state index contributed by atoms with van der Waals surface area (Å²) in [5, 5.41) is 0.787. The fraction of sp³-hybridized carbons (Fsp3) is 0.216. The summed E-state index contributed by atoms with van der Waals surface area (Å²) in [4.78, 5) is 31.1. The summed E-state index contributed by atoms with van der Waals surface area (Å²) in [5.41, 5.74) is 11.1. The van der Waals surface area contributed by atoms with Crippen molar-refractivity contribution >= 4 is 34.6 Å². The SMILES string of the molecule is Cc1cc(F)cc(-c2cc(-c3ccc(C(=O)N4CCC(F)(F)CC4)cc3)cc3cc(CCC(=O)/C=C/c4ccc(N)nc4)oc23)c1. The average molecular weight is 624 g/mol. The van der Waals surface area contributed by atoms with Crippen LogP contribution in [-0.2, 0) is 11.2 Å². The first-order valence-corrected chi connectivity index (χ1v) is 15.1. The van der Waals surface area contributed by atoms with E-state index in [0.29, 0.717) is 40.3 Å². The van der Waals surface area contributed by atoms with E-state index in [1.54, 1.807) is 36.5 Å². The molecule has 1 aliphatic heterocycles. The Balaban J connectivity index is 1.27. The average Bonchev–Trinajstić information content (AvgIpc) is 3.45. The molecule has 0 bridgehead atoms. The third-order valence-electron chi connectivity index (χ3n) is 8.16. The molecule has 0 saturated carbocycles. The summed E-state index contributed by atoms with van der Waals surface area (Å²) < 4.78 is 48.0. The molecule has 0 radical (unpaired) electrons. The predicted octanol–water partition coefficient (Wildman–Crippen LogP) is 8.28. The fourth-order valence-corrected chi connectivity index (χ4v) is 5.66. The molecule has 0 unspecified atom stereocenters. The van der Waals surface area contributed by atoms with E-state index in [-0.39, 0.29) is 49.9 Å². The number of fused-ring (bicyclic) bond motifs is 1. The smallest absolute Gasteiger partial charge is 0.253 e. The number of halogens is 3. The highest BCUT2D eigenvalue weighted by atomic mass is 19.3. The molecule has 0 spiro atoms. The number of rotatable bonds is 8. The van der Waals surface area contributed by atoms with E-state index in [0.717, 1.165) is 27.6 Å². The summed E-state index contributed by atoms with van der Waals surface area (Å²) >= 11 is 0. The molecule has 0 atom stereocenters. The second kappa shape index (κ2) is 12.7. The Kier molecular flexibility index (Phi) is 8.49. The number of alkyl halides is 2. The van der Waals surface area contributed by atoms with Crippen LogP contribution >= 0.6 is 0 Å². The van der Waals surface area contributed by atoms with E-state index in [1.807, 2.05) is 43.3 Å². The number of likely N-dealkylation sites (tertiary alicyclic amines) is 1. The van der Waals surface area contributed by atoms with E-state index >= 15 is 0 Å². The van der Waals surface area contributed by atoms with Crippen LogP contribution in [0.4, 0.5) is 19.0 Å². The van der Waals surface area contributed by atoms with Gasteiger partial charge in [-0.25, -0.2) is 18.2 Å². The van der Waals surface area contributed by atoms with Crippen molar-refractivity contribution in [2.75, 3.05) is 18.8 Å². The Morgan fingerprint density at radius 2 is 1.72 bits per heavy atom. The van der Waals surface area contributed by atoms with Gasteiger partial charge in [-0.15, -0.1) is 0 Å². The van der Waals surface area contributed by atoms with Gasteiger partial charge in [0.1, 0.15) is 23.0 Å². The van der Waals surface area contributed by atoms with Gasteiger partial charge in [-0.05, 0) is 101 Å². The zero-order valence-electron chi connectivity index (χ0n) is 25.2. The molecule has 234 valence electrons. The van der Waals surface area contributed by atoms with Crippen molar-refractivity contribution in [2.45, 2.75) is 38.5 Å². The number of hydrogen-bond donors (Lipinski definition) is 1. The van der Waals surface area contributed by atoms with Crippen LogP contribution in [0.2, 0.25) is 0 Å². The summed E-state index contributed by atoms with van der Waals surface area (Å²) in [7, 11) is 0. The number of pyridine rings is 1. The maximum Gasteiger partial charge on any atom is 0.253 e. The van der Waals surface area contributed by atoms with Crippen LogP contribution in [0.3, 0.4) is 0 Å². The summed E-state index contributed by atoms with van der Waals surface area (Å²) in [6.07, 6.45) is 4.71. The maximum atomic E-state index is 14.5. The van der Waals surface area contributed by atoms with Crippen molar-refractivity contribution < 1.29 is 27.2 Å². The summed E-state index contributed by atoms with van der Waals surface area (Å²) in [6.45, 7) is 1.86. The largest absolute Gasteiger partial charge is 0.460 e. The van der Waals surface area contributed by atoms with Crippen LogP contribution in [0, 0.1) is 12.7 Å². The lowest BCUT2D eigenvalue weighted by atomic mass is 9.95. The molecule has 1 fully saturated rings. The molecule has 1 saturated heterocycles. The molecule has 3 heterocycles. The Bertz CT molecular complexity index is 1920. The van der Waals surface area contributed by atoms with Crippen molar-refractivity contribution in [1.29, 1.82) is 0 Å². The van der Waals surface area contributed by atoms with Gasteiger partial charge >= 0.3 is 0 Å². The van der Waals surface area contributed by atoms with Crippen LogP contribution < -0.4 is 5.73 Å². The van der Waals surface area contributed by atoms with Gasteiger partial charge in [0.05, 0.1) is 0 Å². The number of anilines is 1. The van der Waals surface area contributed by atoms with E-state index in [4.69, 9.17) is 10.2 Å². The number of nitrogens with zero attached hydrogens (tertiary/aromatic N) is 2. The fourth-order valence-electron chi connectivity index (χ4n) is 5.66. The van der Waals surface area contributed by atoms with Crippen molar-refractivity contribution in [3.05, 3.63) is 113 Å². The first-order valence-electron chi connectivity index (χ1n) is 15.1. The Morgan fingerprint density at radius 1 is 0.957 bits per heavy atom. The number of piperidine rings is 1. The minimum atomic E-state index is -2.73. The summed E-state index contributed by atoms with van der Waals surface area (Å²) in [5.74, 6) is -2.43. The van der Waals surface area contributed by atoms with Gasteiger partial charge in [-0.2, -0.15) is 0 Å². The van der Waals surface area contributed by atoms with Gasteiger partial charge in [0.15, 0.2) is 5.78 Å². The number of furan rings is 1. The van der Waals surface area contributed by atoms with Crippen LogP contribution in [0.25, 0.3) is 39.3 Å². The lowest BCUT2D eigenvalue weighted by molar-refractivity contribution is -0.114. The highest BCUT2D eigenvalue weighted by molar-refractivity contribution is 5.98. The second-order valence-corrected chi connectivity index (χ2v) is 11.7. The Morgan fingerprint density at radius 3 is 2.41 bits per heavy atom. The number of amides is 1. The zero-order chi connectivity index (χ0) is 32.4. The number of aryl methyl sites for hydroxylation is 2. The van der Waals surface area contributed by atoms with E-state index in [2.05, 4.69) is 4.98 Å². The van der Waals surface area contributed by atoms with Crippen molar-refractivity contribution in [3.8, 4) is 22.3 Å². The molecule has 3 aromatic carbocycles. The Hall–Kier alpha value is -5.18. The number of hydrogen-bond acceptors (Lipinski definition) is 5. The van der Waals surface area contributed by atoms with Gasteiger partial charge < -0.3 is 15.1 Å². The number of nitrogen functional groups attached to an aromatic ring is 1. The van der Waals surface area contributed by atoms with Crippen molar-refractivity contribution in [2.24, 2.45) is 0 Å². The lowest BCUT2D eigenvalue weighted by Gasteiger charge is -2.31. The third kappa shape index (κ3) is 7.04. The molecule has 2 N–H and O–H groups in total. The highest BCUT2D eigenvalue weighted by Gasteiger charge is 2.35. The summed E-state index contributed by atoms with van der Waals surface area (Å²) in [6, 6.07) is 21.0. The molecule has 6 nitrogen and oxygen atoms in total. The quantitative estimate of drug-likeness (QED) is 0.176. The van der Waals surface area contributed by atoms with Crippen molar-refractivity contribution in [3.63, 3.8) is 0 Å². The number of nitrogens with two attached hydrogens (primary N) is 1. The van der Waals surface area contributed by atoms with E-state index < -0.39 is 5.92 Å². The molecule has 6 rings (SSSR count). The highest BCUT2D eigenvalue weighted by Crippen LogP contribution is 2.37. The number of ketones is 1. The first-order chi connectivity index (χ1) is 22.0. The molecule has 5 aromatic rings. The number of allylic oxidation sites excluding steroid dienone is 1. The second-order valence-electron chi connectivity index (χ2n) is 11.7. The third-order valence-corrected chi connectivity index (χ3v) is 8.16. The molecular formula is C37H32F3N3O3. The first kappa shape index (κ1) is 30.8. The monoisotopic (exact) mass is 623 g/mol. The van der Waals surface area contributed by atoms with Crippen LogP contribution in [0.5, 0.6) is 0 Å². The zero-order valence-corrected chi connectivity index (χ0v) is 25.2. The molecule has 46 heavy (non-hydrogen) atoms. The number of carbonyl (C=O) groups excluding carboxylic acids is 2. The number of benzene rings is 3. The van der Waals surface area contributed by atoms with Gasteiger partial charge in [0, 0.05) is 61.5 Å². The lowest BCUT2D eigenvalue weighted by Crippen LogP contribution is -2.42. The minimum Gasteiger partial charge on any atom is -0.460 e. The normalized spacial score (nSPS) is 14.7. The topological polar surface area (TPSA) is 89.4 Å². The standard InChI is InChI=1S/C37H32F3N3O3/c1-23-16-28(19-30(38)17-23)33-21-27(25-4-6-26(7-5-25)36(45)43-14-12-37(39,40)13-15-43)18-29-20-32(46-35(29)33)10-9-31(44)8-2-24-3-11-34(41)42-22-24/h2-8,11,16-22H,9-10,12-15H2,1H3,(H2,41,42)/b8-2+. The Labute approximate surface area is 264 Å². The van der Waals surface area contributed by atoms with Gasteiger partial charge in [-0.3, -0.25) is 9.59 Å². The molecule has 1 aliphatic rings. The van der Waals surface area contributed by atoms with E-state index in [1.165, 1.54) is 23.1 Å². The minimum absolute atomic E-state index is 0.0193.